The molecule has 170 valence electrons. The average molecular weight is 463 g/mol. The number of fused-ring (bicyclic) bond motifs is 1. The zero-order chi connectivity index (χ0) is 23.3. The van der Waals surface area contributed by atoms with Crippen LogP contribution in [0.25, 0.3) is 0 Å². The molecular weight excluding hydrogens is 439 g/mol. The van der Waals surface area contributed by atoms with Crippen molar-refractivity contribution < 1.29 is 22.3 Å². The first-order valence-electron chi connectivity index (χ1n) is 9.92. The molecule has 1 aromatic heterocycles. The van der Waals surface area contributed by atoms with Gasteiger partial charge in [0.25, 0.3) is 5.91 Å². The summed E-state index contributed by atoms with van der Waals surface area (Å²) in [6.07, 6.45) is 2.52. The quantitative estimate of drug-likeness (QED) is 0.702. The van der Waals surface area contributed by atoms with E-state index < -0.39 is 32.5 Å². The van der Waals surface area contributed by atoms with Gasteiger partial charge in [0.05, 0.1) is 19.0 Å². The van der Waals surface area contributed by atoms with Crippen LogP contribution in [0.1, 0.15) is 41.0 Å². The highest BCUT2D eigenvalue weighted by atomic mass is 32.2. The first-order valence-corrected chi connectivity index (χ1v) is 11.4. The number of nitrogens with two attached hydrogens (primary N) is 1. The van der Waals surface area contributed by atoms with Gasteiger partial charge in [0.1, 0.15) is 22.3 Å². The van der Waals surface area contributed by atoms with Gasteiger partial charge in [-0.05, 0) is 44.4 Å². The minimum atomic E-state index is -3.81. The van der Waals surface area contributed by atoms with E-state index in [4.69, 9.17) is 10.5 Å². The van der Waals surface area contributed by atoms with E-state index in [9.17, 15) is 13.2 Å². The van der Waals surface area contributed by atoms with Crippen molar-refractivity contribution in [2.24, 2.45) is 10.7 Å². The number of rotatable bonds is 4. The maximum Gasteiger partial charge on any atom is 0.276 e. The van der Waals surface area contributed by atoms with Crippen LogP contribution in [0.4, 0.5) is 10.1 Å². The van der Waals surface area contributed by atoms with Gasteiger partial charge in [0.15, 0.2) is 0 Å². The first-order chi connectivity index (χ1) is 15.1. The highest BCUT2D eigenvalue weighted by Gasteiger charge is 2.56. The minimum Gasteiger partial charge on any atom is -0.480 e. The molecule has 1 aliphatic heterocycles. The normalized spacial score (nSPS) is 23.9. The molecule has 0 spiro atoms. The largest absolute Gasteiger partial charge is 0.480 e. The highest BCUT2D eigenvalue weighted by molar-refractivity contribution is 7.90. The predicted octanol–water partition coefficient (Wildman–Crippen LogP) is 1.52. The summed E-state index contributed by atoms with van der Waals surface area (Å²) in [5, 5.41) is 1.73. The number of amides is 1. The molecule has 0 bridgehead atoms. The standard InChI is InChI=1S/C20H23FN6O4S/c1-11-17(23-10-16(24-11)31-3)18(28)25-12-6-7-14(21)13(9-12)20-8-4-5-15(20)32(29,30)27(2)19(22)26-20/h6-7,9-10,15H,4-5,8H2,1-3H3,(H2,22,26)(H,25,28)/t15-,20-/m1/s1. The number of aromatic nitrogens is 2. The van der Waals surface area contributed by atoms with E-state index in [-0.39, 0.29) is 28.8 Å². The molecule has 2 aromatic rings. The van der Waals surface area contributed by atoms with E-state index in [1.807, 2.05) is 0 Å². The Bertz CT molecular complexity index is 1230. The number of halogens is 1. The summed E-state index contributed by atoms with van der Waals surface area (Å²) in [7, 11) is -1.03. The average Bonchev–Trinajstić information content (AvgIpc) is 3.19. The molecule has 1 fully saturated rings. The molecule has 1 aliphatic carbocycles. The number of anilines is 1. The lowest BCUT2D eigenvalue weighted by molar-refractivity contribution is 0.102. The molecule has 1 aromatic carbocycles. The number of guanidine groups is 1. The first kappa shape index (κ1) is 21.9. The van der Waals surface area contributed by atoms with Crippen molar-refractivity contribution in [3.8, 4) is 5.88 Å². The smallest absolute Gasteiger partial charge is 0.276 e. The number of hydrogen-bond donors (Lipinski definition) is 2. The monoisotopic (exact) mass is 462 g/mol. The number of ether oxygens (including phenoxy) is 1. The van der Waals surface area contributed by atoms with Crippen LogP contribution < -0.4 is 15.8 Å². The van der Waals surface area contributed by atoms with Crippen LogP contribution in [0.3, 0.4) is 0 Å². The molecule has 1 saturated carbocycles. The van der Waals surface area contributed by atoms with E-state index in [1.54, 1.807) is 6.92 Å². The van der Waals surface area contributed by atoms with Crippen LogP contribution in [-0.4, -0.2) is 54.0 Å². The Morgan fingerprint density at radius 1 is 1.41 bits per heavy atom. The molecule has 4 rings (SSSR count). The highest BCUT2D eigenvalue weighted by Crippen LogP contribution is 2.49. The van der Waals surface area contributed by atoms with Crippen molar-refractivity contribution in [2.75, 3.05) is 19.5 Å². The SMILES string of the molecule is COc1cnc(C(=O)Nc2ccc(F)c([C@]34CCC[C@H]3S(=O)(=O)N(C)C(N)=N4)c2)c(C)n1. The van der Waals surface area contributed by atoms with E-state index in [1.165, 1.54) is 38.6 Å². The summed E-state index contributed by atoms with van der Waals surface area (Å²) in [5.41, 5.74) is 5.34. The molecule has 12 heteroatoms. The Hall–Kier alpha value is -3.28. The number of benzene rings is 1. The van der Waals surface area contributed by atoms with Crippen molar-refractivity contribution in [1.29, 1.82) is 0 Å². The molecule has 2 aliphatic rings. The third kappa shape index (κ3) is 3.34. The van der Waals surface area contributed by atoms with Gasteiger partial charge in [0.2, 0.25) is 21.9 Å². The Kier molecular flexibility index (Phi) is 5.27. The van der Waals surface area contributed by atoms with Gasteiger partial charge in [-0.2, -0.15) is 0 Å². The Balaban J connectivity index is 1.73. The molecule has 10 nitrogen and oxygen atoms in total. The summed E-state index contributed by atoms with van der Waals surface area (Å²) < 4.78 is 46.9. The summed E-state index contributed by atoms with van der Waals surface area (Å²) in [4.78, 5) is 25.4. The third-order valence-corrected chi connectivity index (χ3v) is 8.27. The molecule has 32 heavy (non-hydrogen) atoms. The molecule has 2 heterocycles. The second-order valence-corrected chi connectivity index (χ2v) is 9.93. The molecular formula is C20H23FN6O4S. The van der Waals surface area contributed by atoms with Gasteiger partial charge in [-0.1, -0.05) is 0 Å². The van der Waals surface area contributed by atoms with E-state index in [0.29, 0.717) is 25.0 Å². The Labute approximate surface area is 184 Å². The van der Waals surface area contributed by atoms with Crippen LogP contribution >= 0.6 is 0 Å². The number of hydrogen-bond acceptors (Lipinski definition) is 8. The van der Waals surface area contributed by atoms with Crippen molar-refractivity contribution in [1.82, 2.24) is 14.3 Å². The van der Waals surface area contributed by atoms with Crippen LogP contribution in [0, 0.1) is 12.7 Å². The number of nitrogens with zero attached hydrogens (tertiary/aromatic N) is 4. The zero-order valence-electron chi connectivity index (χ0n) is 17.8. The molecule has 2 atom stereocenters. The van der Waals surface area contributed by atoms with Gasteiger partial charge in [0, 0.05) is 18.3 Å². The van der Waals surface area contributed by atoms with Crippen LogP contribution in [-0.2, 0) is 15.6 Å². The number of carbonyl (C=O) groups is 1. The minimum absolute atomic E-state index is 0.0787. The summed E-state index contributed by atoms with van der Waals surface area (Å²) in [6, 6.07) is 3.98. The summed E-state index contributed by atoms with van der Waals surface area (Å²) >= 11 is 0. The van der Waals surface area contributed by atoms with Crippen molar-refractivity contribution in [3.63, 3.8) is 0 Å². The molecule has 0 unspecified atom stereocenters. The van der Waals surface area contributed by atoms with Crippen LogP contribution in [0.5, 0.6) is 5.88 Å². The molecule has 3 N–H and O–H groups in total. The lowest BCUT2D eigenvalue weighted by Crippen LogP contribution is -2.55. The fourth-order valence-electron chi connectivity index (χ4n) is 4.35. The topological polar surface area (TPSA) is 140 Å². The lowest BCUT2D eigenvalue weighted by Gasteiger charge is -2.39. The summed E-state index contributed by atoms with van der Waals surface area (Å²) in [6.45, 7) is 1.61. The van der Waals surface area contributed by atoms with E-state index in [2.05, 4.69) is 20.3 Å². The lowest BCUT2D eigenvalue weighted by atomic mass is 9.87. The third-order valence-electron chi connectivity index (χ3n) is 5.97. The number of nitrogens with one attached hydrogen (secondary N) is 1. The van der Waals surface area contributed by atoms with Gasteiger partial charge in [-0.3, -0.25) is 4.79 Å². The number of aliphatic imine (C=N–C) groups is 1. The van der Waals surface area contributed by atoms with Crippen LogP contribution in [0.15, 0.2) is 29.4 Å². The Morgan fingerprint density at radius 3 is 2.84 bits per heavy atom. The zero-order valence-corrected chi connectivity index (χ0v) is 18.6. The van der Waals surface area contributed by atoms with Gasteiger partial charge < -0.3 is 15.8 Å². The van der Waals surface area contributed by atoms with Crippen LogP contribution in [0.2, 0.25) is 0 Å². The van der Waals surface area contributed by atoms with Crippen molar-refractivity contribution >= 4 is 27.6 Å². The van der Waals surface area contributed by atoms with Gasteiger partial charge >= 0.3 is 0 Å². The molecule has 0 saturated heterocycles. The van der Waals surface area contributed by atoms with E-state index in [0.717, 1.165) is 4.31 Å². The second kappa shape index (κ2) is 7.69. The van der Waals surface area contributed by atoms with Crippen molar-refractivity contribution in [2.45, 2.75) is 37.0 Å². The summed E-state index contributed by atoms with van der Waals surface area (Å²) in [5.74, 6) is -1.09. The van der Waals surface area contributed by atoms with Gasteiger partial charge in [-0.15, -0.1) is 0 Å². The number of sulfonamides is 1. The molecule has 0 radical (unpaired) electrons. The van der Waals surface area contributed by atoms with Gasteiger partial charge in [-0.25, -0.2) is 32.1 Å². The molecule has 1 amide bonds. The predicted molar refractivity (Wildman–Crippen MR) is 115 cm³/mol. The maximum atomic E-state index is 15.0. The fraction of sp³-hybridized carbons (Fsp3) is 0.400. The fourth-order valence-corrected chi connectivity index (χ4v) is 6.29. The number of aryl methyl sites for hydroxylation is 1. The van der Waals surface area contributed by atoms with E-state index >= 15 is 4.39 Å². The second-order valence-electron chi connectivity index (χ2n) is 7.78. The number of methoxy groups -OCH3 is 1. The Morgan fingerprint density at radius 2 is 2.16 bits per heavy atom. The van der Waals surface area contributed by atoms with Crippen molar-refractivity contribution in [3.05, 3.63) is 47.2 Å². The number of carbonyl (C=O) groups excluding carboxylic acids is 1. The maximum absolute atomic E-state index is 15.0.